The second-order valence-corrected chi connectivity index (χ2v) is 12.6. The summed E-state index contributed by atoms with van der Waals surface area (Å²) in [6, 6.07) is 10.8. The first-order valence-corrected chi connectivity index (χ1v) is 16.1. The Morgan fingerprint density at radius 3 is 2.58 bits per heavy atom. The molecule has 14 heteroatoms. The summed E-state index contributed by atoms with van der Waals surface area (Å²) in [5.41, 5.74) is 5.36. The molecule has 0 radical (unpaired) electrons. The van der Waals surface area contributed by atoms with Crippen LogP contribution in [0.1, 0.15) is 65.2 Å². The number of para-hydroxylation sites is 1. The fraction of sp³-hybridized carbons (Fsp3) is 0.552. The van der Waals surface area contributed by atoms with Crippen LogP contribution < -0.4 is 15.3 Å². The zero-order chi connectivity index (χ0) is 31.2. The Hall–Kier alpha value is -3.06. The summed E-state index contributed by atoms with van der Waals surface area (Å²) in [7, 11) is -4.27. The molecule has 3 aromatic rings. The van der Waals surface area contributed by atoms with Gasteiger partial charge in [0, 0.05) is 0 Å². The summed E-state index contributed by atoms with van der Waals surface area (Å²) in [4.78, 5) is 17.1. The van der Waals surface area contributed by atoms with Crippen LogP contribution in [0.25, 0.3) is 5.52 Å². The number of nitrogen functional groups attached to an aromatic ring is 1. The highest BCUT2D eigenvalue weighted by atomic mass is 31.2. The molecule has 0 spiro atoms. The van der Waals surface area contributed by atoms with Crippen LogP contribution in [0.5, 0.6) is 5.75 Å². The lowest BCUT2D eigenvalue weighted by atomic mass is 9.97. The number of rotatable bonds is 15. The fourth-order valence-electron chi connectivity index (χ4n) is 4.96. The second kappa shape index (κ2) is 14.1. The maximum atomic E-state index is 14.2. The lowest BCUT2D eigenvalue weighted by molar-refractivity contribution is -0.147. The van der Waals surface area contributed by atoms with E-state index in [0.717, 1.165) is 12.8 Å². The van der Waals surface area contributed by atoms with Crippen LogP contribution in [-0.2, 0) is 23.4 Å². The minimum atomic E-state index is -4.27. The van der Waals surface area contributed by atoms with E-state index in [4.69, 9.17) is 24.3 Å². The number of fused-ring (bicyclic) bond motifs is 1. The van der Waals surface area contributed by atoms with Crippen LogP contribution in [0.15, 0.2) is 48.8 Å². The van der Waals surface area contributed by atoms with Crippen LogP contribution in [-0.4, -0.2) is 67.8 Å². The highest BCUT2D eigenvalue weighted by Gasteiger charge is 2.54. The molecule has 3 heterocycles. The van der Waals surface area contributed by atoms with Crippen molar-refractivity contribution < 1.29 is 38.1 Å². The second-order valence-electron chi connectivity index (χ2n) is 10.9. The highest BCUT2D eigenvalue weighted by Crippen LogP contribution is 2.48. The largest absolute Gasteiger partial charge is 0.464 e. The smallest absolute Gasteiger partial charge is 0.459 e. The Morgan fingerprint density at radius 1 is 1.19 bits per heavy atom. The van der Waals surface area contributed by atoms with Crippen LogP contribution in [0.2, 0.25) is 0 Å². The van der Waals surface area contributed by atoms with Crippen molar-refractivity contribution in [2.24, 2.45) is 5.92 Å². The number of esters is 1. The maximum Gasteiger partial charge on any atom is 0.459 e. The molecule has 1 aliphatic rings. The van der Waals surface area contributed by atoms with Crippen molar-refractivity contribution in [3.63, 3.8) is 0 Å². The summed E-state index contributed by atoms with van der Waals surface area (Å²) in [5.74, 6) is 0.141. The summed E-state index contributed by atoms with van der Waals surface area (Å²) in [6.45, 7) is 7.27. The molecule has 1 fully saturated rings. The van der Waals surface area contributed by atoms with Gasteiger partial charge >= 0.3 is 13.7 Å². The number of nitrogens with zero attached hydrogens (tertiary/aromatic N) is 3. The van der Waals surface area contributed by atoms with Crippen molar-refractivity contribution >= 4 is 25.1 Å². The number of carbonyl (C=O) groups excluding carboxylic acids is 1. The molecule has 0 bridgehead atoms. The van der Waals surface area contributed by atoms with E-state index in [1.54, 1.807) is 42.5 Å². The molecule has 13 nitrogen and oxygen atoms in total. The van der Waals surface area contributed by atoms with Crippen molar-refractivity contribution in [2.45, 2.75) is 83.3 Å². The molecular formula is C29H42N5O8P. The highest BCUT2D eigenvalue weighted by molar-refractivity contribution is 7.52. The van der Waals surface area contributed by atoms with Gasteiger partial charge < -0.3 is 29.9 Å². The van der Waals surface area contributed by atoms with Gasteiger partial charge in [-0.05, 0) is 43.5 Å². The minimum absolute atomic E-state index is 0.218. The topological polar surface area (TPSA) is 180 Å². The van der Waals surface area contributed by atoms with Gasteiger partial charge in [-0.1, -0.05) is 58.2 Å². The van der Waals surface area contributed by atoms with Crippen molar-refractivity contribution in [1.82, 2.24) is 19.7 Å². The molecule has 1 aliphatic heterocycles. The third-order valence-electron chi connectivity index (χ3n) is 7.74. The Labute approximate surface area is 251 Å². The molecule has 0 aliphatic carbocycles. The van der Waals surface area contributed by atoms with Gasteiger partial charge in [0.2, 0.25) is 0 Å². The predicted molar refractivity (Wildman–Crippen MR) is 159 cm³/mol. The van der Waals surface area contributed by atoms with Gasteiger partial charge in [-0.25, -0.2) is 14.1 Å². The molecule has 4 rings (SSSR count). The van der Waals surface area contributed by atoms with Crippen LogP contribution in [0, 0.1) is 5.92 Å². The monoisotopic (exact) mass is 619 g/mol. The Morgan fingerprint density at radius 2 is 1.91 bits per heavy atom. The quantitative estimate of drug-likeness (QED) is 0.143. The Balaban J connectivity index is 1.55. The number of hydrogen-bond acceptors (Lipinski definition) is 11. The zero-order valence-corrected chi connectivity index (χ0v) is 25.9. The van der Waals surface area contributed by atoms with Crippen molar-refractivity contribution in [3.8, 4) is 5.75 Å². The summed E-state index contributed by atoms with van der Waals surface area (Å²) in [6.07, 6.45) is 0.0739. The van der Waals surface area contributed by atoms with E-state index in [2.05, 4.69) is 15.2 Å². The number of aliphatic hydroxyl groups is 2. The van der Waals surface area contributed by atoms with E-state index in [9.17, 15) is 19.6 Å². The number of hydrogen-bond donors (Lipinski definition) is 4. The van der Waals surface area contributed by atoms with Gasteiger partial charge in [0.05, 0.1) is 18.9 Å². The van der Waals surface area contributed by atoms with E-state index < -0.39 is 50.3 Å². The molecule has 5 N–H and O–H groups in total. The first-order chi connectivity index (χ1) is 20.5. The van der Waals surface area contributed by atoms with Gasteiger partial charge in [-0.3, -0.25) is 9.32 Å². The van der Waals surface area contributed by atoms with Crippen molar-refractivity contribution in [2.75, 3.05) is 18.9 Å². The van der Waals surface area contributed by atoms with Gasteiger partial charge in [0.1, 0.15) is 47.5 Å². The fourth-order valence-corrected chi connectivity index (χ4v) is 6.58. The number of anilines is 1. The normalized spacial score (nSPS) is 24.2. The lowest BCUT2D eigenvalue weighted by Gasteiger charge is -2.31. The minimum Gasteiger partial charge on any atom is -0.464 e. The molecule has 0 unspecified atom stereocenters. The average molecular weight is 620 g/mol. The van der Waals surface area contributed by atoms with Gasteiger partial charge in [-0.15, -0.1) is 0 Å². The third-order valence-corrected chi connectivity index (χ3v) is 9.29. The van der Waals surface area contributed by atoms with Gasteiger partial charge in [0.25, 0.3) is 0 Å². The molecule has 1 saturated heterocycles. The Bertz CT molecular complexity index is 1400. The first-order valence-electron chi connectivity index (χ1n) is 14.6. The summed E-state index contributed by atoms with van der Waals surface area (Å²) in [5, 5.41) is 29.0. The van der Waals surface area contributed by atoms with Gasteiger partial charge in [-0.2, -0.15) is 10.2 Å². The van der Waals surface area contributed by atoms with E-state index in [1.807, 2.05) is 20.8 Å². The van der Waals surface area contributed by atoms with E-state index >= 15 is 0 Å². The van der Waals surface area contributed by atoms with Crippen LogP contribution in [0.4, 0.5) is 5.82 Å². The molecular weight excluding hydrogens is 577 g/mol. The number of carbonyl (C=O) groups is 1. The summed E-state index contributed by atoms with van der Waals surface area (Å²) < 4.78 is 39.1. The summed E-state index contributed by atoms with van der Waals surface area (Å²) >= 11 is 0. The number of aliphatic hydroxyl groups excluding tert-OH is 2. The van der Waals surface area contributed by atoms with Crippen LogP contribution in [0.3, 0.4) is 0 Å². The van der Waals surface area contributed by atoms with Crippen molar-refractivity contribution in [3.05, 3.63) is 54.5 Å². The number of nitrogens with one attached hydrogen (secondary N) is 1. The molecule has 0 amide bonds. The number of benzene rings is 1. The molecule has 1 aromatic carbocycles. The standard InChI is InChI=1S/C29H42N5O8P/c1-5-11-21(28(37)39-16-19(6-2)7-3)33-43(38,42-20-12-9-8-10-13-20)40-17-29(4)26(36)24(35)25(41-29)22-14-15-23-27(30)31-18-32-34(22)23/h8-10,12-15,18-19,21,24-26,35-36H,5-7,11,16-17H2,1-4H3,(H,33,38)(H2,30,31,32)/t21-,24-,25-,26-,29+,43-/m0/s1. The molecule has 43 heavy (non-hydrogen) atoms. The van der Waals surface area contributed by atoms with Crippen molar-refractivity contribution in [1.29, 1.82) is 0 Å². The first kappa shape index (κ1) is 32.8. The number of nitrogens with two attached hydrogens (primary N) is 1. The van der Waals surface area contributed by atoms with E-state index in [1.165, 1.54) is 17.8 Å². The zero-order valence-electron chi connectivity index (χ0n) is 25.0. The predicted octanol–water partition coefficient (Wildman–Crippen LogP) is 3.80. The number of ether oxygens (including phenoxy) is 2. The van der Waals surface area contributed by atoms with Gasteiger partial charge in [0.15, 0.2) is 5.82 Å². The number of aromatic nitrogens is 3. The molecule has 236 valence electrons. The Kier molecular flexibility index (Phi) is 10.8. The molecule has 0 saturated carbocycles. The third kappa shape index (κ3) is 7.54. The molecule has 2 aromatic heterocycles. The molecule has 6 atom stereocenters. The maximum absolute atomic E-state index is 14.2. The van der Waals surface area contributed by atoms with E-state index in [0.29, 0.717) is 24.1 Å². The van der Waals surface area contributed by atoms with Crippen LogP contribution >= 0.6 is 7.75 Å². The van der Waals surface area contributed by atoms with E-state index in [-0.39, 0.29) is 24.1 Å². The lowest BCUT2D eigenvalue weighted by Crippen LogP contribution is -2.45. The average Bonchev–Trinajstić information content (AvgIpc) is 3.53. The SMILES string of the molecule is CCC[C@H](N[P@](=O)(OC[C@@]1(C)O[C@@H](c2ccc3c(N)ncnn23)[C@H](O)[C@@H]1O)Oc1ccccc1)C(=O)OCC(CC)CC.